The minimum Gasteiger partial charge on any atom is -0.453 e. The Kier molecular flexibility index (Phi) is 2.13. The van der Waals surface area contributed by atoms with E-state index >= 15 is 0 Å². The van der Waals surface area contributed by atoms with Gasteiger partial charge < -0.3 is 14.4 Å². The van der Waals surface area contributed by atoms with Gasteiger partial charge in [-0.25, -0.2) is 4.79 Å². The third-order valence-electron chi connectivity index (χ3n) is 3.02. The highest BCUT2D eigenvalue weighted by Gasteiger charge is 2.55. The number of likely N-dealkylation sites (tertiary alicyclic amines) is 1. The van der Waals surface area contributed by atoms with Crippen LogP contribution >= 0.6 is 0 Å². The van der Waals surface area contributed by atoms with Crippen LogP contribution in [-0.2, 0) is 19.1 Å². The van der Waals surface area contributed by atoms with E-state index in [0.717, 1.165) is 0 Å². The highest BCUT2D eigenvalue weighted by atomic mass is 16.6. The van der Waals surface area contributed by atoms with Gasteiger partial charge in [-0.1, -0.05) is 0 Å². The molecule has 2 rings (SSSR count). The number of methoxy groups -OCH3 is 1. The molecule has 6 heteroatoms. The van der Waals surface area contributed by atoms with Crippen LogP contribution in [0.25, 0.3) is 0 Å². The van der Waals surface area contributed by atoms with E-state index in [1.165, 1.54) is 12.0 Å². The predicted molar refractivity (Wildman–Crippen MR) is 46.7 cm³/mol. The molecule has 2 heterocycles. The van der Waals surface area contributed by atoms with Gasteiger partial charge in [-0.05, 0) is 6.92 Å². The summed E-state index contributed by atoms with van der Waals surface area (Å²) in [6.07, 6.45) is -0.516. The standard InChI is InChI=1S/C9H11NO5/c1-4-6-5(7(11)15-8(6)12)3-10(4)9(13)14-2/h4-6H,3H2,1-2H3. The van der Waals surface area contributed by atoms with Crippen molar-refractivity contribution in [2.45, 2.75) is 13.0 Å². The number of amides is 1. The normalized spacial score (nSPS) is 34.0. The number of rotatable bonds is 0. The first-order valence-electron chi connectivity index (χ1n) is 4.66. The second kappa shape index (κ2) is 3.22. The van der Waals surface area contributed by atoms with Gasteiger partial charge in [-0.15, -0.1) is 0 Å². The van der Waals surface area contributed by atoms with Gasteiger partial charge in [-0.2, -0.15) is 0 Å². The fourth-order valence-corrected chi connectivity index (χ4v) is 2.21. The lowest BCUT2D eigenvalue weighted by atomic mass is 9.94. The third-order valence-corrected chi connectivity index (χ3v) is 3.02. The van der Waals surface area contributed by atoms with Crippen molar-refractivity contribution in [1.29, 1.82) is 0 Å². The average molecular weight is 213 g/mol. The summed E-state index contributed by atoms with van der Waals surface area (Å²) in [6.45, 7) is 1.91. The summed E-state index contributed by atoms with van der Waals surface area (Å²) in [5, 5.41) is 0. The van der Waals surface area contributed by atoms with E-state index in [4.69, 9.17) is 0 Å². The van der Waals surface area contributed by atoms with Gasteiger partial charge in [0.15, 0.2) is 0 Å². The molecule has 15 heavy (non-hydrogen) atoms. The molecule has 0 bridgehead atoms. The average Bonchev–Trinajstić information content (AvgIpc) is 2.67. The van der Waals surface area contributed by atoms with Crippen molar-refractivity contribution in [2.24, 2.45) is 11.8 Å². The molecule has 0 aromatic carbocycles. The predicted octanol–water partition coefficient (Wildman–Crippen LogP) is -0.227. The minimum absolute atomic E-state index is 0.198. The molecule has 6 nitrogen and oxygen atoms in total. The van der Waals surface area contributed by atoms with Crippen molar-refractivity contribution < 1.29 is 23.9 Å². The first-order valence-corrected chi connectivity index (χ1v) is 4.66. The van der Waals surface area contributed by atoms with Gasteiger partial charge in [0.2, 0.25) is 0 Å². The molecule has 1 amide bonds. The summed E-state index contributed by atoms with van der Waals surface area (Å²) in [5.41, 5.74) is 0. The number of carbonyl (C=O) groups excluding carboxylic acids is 3. The molecule has 2 saturated heterocycles. The van der Waals surface area contributed by atoms with E-state index in [2.05, 4.69) is 9.47 Å². The van der Waals surface area contributed by atoms with Crippen LogP contribution in [0.4, 0.5) is 4.79 Å². The summed E-state index contributed by atoms with van der Waals surface area (Å²) < 4.78 is 9.07. The minimum atomic E-state index is -0.539. The molecule has 2 aliphatic heterocycles. The van der Waals surface area contributed by atoms with Crippen LogP contribution in [0.3, 0.4) is 0 Å². The van der Waals surface area contributed by atoms with Crippen molar-refractivity contribution >= 4 is 18.0 Å². The smallest absolute Gasteiger partial charge is 0.409 e. The van der Waals surface area contributed by atoms with Crippen molar-refractivity contribution in [3.8, 4) is 0 Å². The fourth-order valence-electron chi connectivity index (χ4n) is 2.21. The number of cyclic esters (lactones) is 2. The number of nitrogens with zero attached hydrogens (tertiary/aromatic N) is 1. The summed E-state index contributed by atoms with van der Waals surface area (Å²) in [7, 11) is 1.27. The van der Waals surface area contributed by atoms with E-state index in [1.807, 2.05) is 0 Å². The third kappa shape index (κ3) is 1.28. The number of esters is 2. The van der Waals surface area contributed by atoms with E-state index in [9.17, 15) is 14.4 Å². The molecule has 2 aliphatic rings. The van der Waals surface area contributed by atoms with Crippen molar-refractivity contribution in [1.82, 2.24) is 4.90 Å². The Bertz CT molecular complexity index is 339. The van der Waals surface area contributed by atoms with Crippen LogP contribution in [-0.4, -0.2) is 42.6 Å². The van der Waals surface area contributed by atoms with Crippen molar-refractivity contribution in [3.05, 3.63) is 0 Å². The van der Waals surface area contributed by atoms with Crippen molar-refractivity contribution in [3.63, 3.8) is 0 Å². The number of ether oxygens (including phenoxy) is 2. The molecular weight excluding hydrogens is 202 g/mol. The summed E-state index contributed by atoms with van der Waals surface area (Å²) in [4.78, 5) is 35.2. The van der Waals surface area contributed by atoms with Crippen LogP contribution < -0.4 is 0 Å². The van der Waals surface area contributed by atoms with Crippen LogP contribution in [0, 0.1) is 11.8 Å². The Balaban J connectivity index is 2.22. The molecule has 0 aromatic rings. The maximum absolute atomic E-state index is 11.3. The lowest BCUT2D eigenvalue weighted by Crippen LogP contribution is -2.37. The Morgan fingerprint density at radius 3 is 2.67 bits per heavy atom. The molecule has 82 valence electrons. The summed E-state index contributed by atoms with van der Waals surface area (Å²) >= 11 is 0. The lowest BCUT2D eigenvalue weighted by molar-refractivity contribution is -0.154. The Morgan fingerprint density at radius 1 is 1.47 bits per heavy atom. The number of hydrogen-bond acceptors (Lipinski definition) is 5. The maximum Gasteiger partial charge on any atom is 0.409 e. The molecule has 0 radical (unpaired) electrons. The molecule has 0 spiro atoms. The first-order chi connectivity index (χ1) is 7.06. The van der Waals surface area contributed by atoms with Crippen LogP contribution in [0.15, 0.2) is 0 Å². The number of fused-ring (bicyclic) bond motifs is 1. The van der Waals surface area contributed by atoms with Gasteiger partial charge in [0.25, 0.3) is 0 Å². The van der Waals surface area contributed by atoms with E-state index in [-0.39, 0.29) is 12.6 Å². The molecule has 2 fully saturated rings. The molecule has 0 saturated carbocycles. The largest absolute Gasteiger partial charge is 0.453 e. The zero-order chi connectivity index (χ0) is 11.2. The number of hydrogen-bond donors (Lipinski definition) is 0. The molecular formula is C9H11NO5. The fraction of sp³-hybridized carbons (Fsp3) is 0.667. The molecule has 3 unspecified atom stereocenters. The Labute approximate surface area is 86.1 Å². The SMILES string of the molecule is COC(=O)N1CC2C(=O)OC(=O)C2C1C. The van der Waals surface area contributed by atoms with Gasteiger partial charge >= 0.3 is 18.0 Å². The first kappa shape index (κ1) is 9.95. The van der Waals surface area contributed by atoms with E-state index in [0.29, 0.717) is 0 Å². The highest BCUT2D eigenvalue weighted by molar-refractivity contribution is 5.98. The zero-order valence-electron chi connectivity index (χ0n) is 8.43. The Morgan fingerprint density at radius 2 is 2.13 bits per heavy atom. The lowest BCUT2D eigenvalue weighted by Gasteiger charge is -2.21. The van der Waals surface area contributed by atoms with Gasteiger partial charge in [0.05, 0.1) is 18.9 Å². The van der Waals surface area contributed by atoms with Crippen molar-refractivity contribution in [2.75, 3.05) is 13.7 Å². The van der Waals surface area contributed by atoms with E-state index < -0.39 is 29.9 Å². The summed E-state index contributed by atoms with van der Waals surface area (Å²) in [6, 6.07) is -0.346. The molecule has 0 aliphatic carbocycles. The summed E-state index contributed by atoms with van der Waals surface area (Å²) in [5.74, 6) is -2.13. The second-order valence-electron chi connectivity index (χ2n) is 3.74. The maximum atomic E-state index is 11.3. The van der Waals surface area contributed by atoms with Crippen LogP contribution in [0.1, 0.15) is 6.92 Å². The van der Waals surface area contributed by atoms with Crippen LogP contribution in [0.5, 0.6) is 0 Å². The monoisotopic (exact) mass is 213 g/mol. The highest BCUT2D eigenvalue weighted by Crippen LogP contribution is 2.36. The van der Waals surface area contributed by atoms with Crippen LogP contribution in [0.2, 0.25) is 0 Å². The topological polar surface area (TPSA) is 72.9 Å². The van der Waals surface area contributed by atoms with Gasteiger partial charge in [0, 0.05) is 12.6 Å². The van der Waals surface area contributed by atoms with Gasteiger partial charge in [0.1, 0.15) is 0 Å². The second-order valence-corrected chi connectivity index (χ2v) is 3.74. The van der Waals surface area contributed by atoms with Gasteiger partial charge in [-0.3, -0.25) is 9.59 Å². The molecule has 3 atom stereocenters. The van der Waals surface area contributed by atoms with E-state index in [1.54, 1.807) is 6.92 Å². The number of carbonyl (C=O) groups is 3. The quantitative estimate of drug-likeness (QED) is 0.410. The molecule has 0 N–H and O–H groups in total. The zero-order valence-corrected chi connectivity index (χ0v) is 8.43. The molecule has 0 aromatic heterocycles. The Hall–Kier alpha value is -1.59.